The molecule has 8 heteroatoms. The number of rotatable bonds is 5. The van der Waals surface area contributed by atoms with Gasteiger partial charge in [0.1, 0.15) is 11.3 Å². The van der Waals surface area contributed by atoms with Crippen molar-refractivity contribution in [2.45, 2.75) is 13.0 Å². The molecule has 0 amide bonds. The molecule has 2 aromatic carbocycles. The number of carbonyl (C=O) groups is 2. The van der Waals surface area contributed by atoms with Crippen molar-refractivity contribution in [3.05, 3.63) is 76.0 Å². The van der Waals surface area contributed by atoms with Gasteiger partial charge in [0.2, 0.25) is 0 Å². The predicted molar refractivity (Wildman–Crippen MR) is 93.9 cm³/mol. The monoisotopic (exact) mass is 393 g/mol. The molecule has 1 heterocycles. The summed E-state index contributed by atoms with van der Waals surface area (Å²) < 4.78 is 36.9. The fourth-order valence-electron chi connectivity index (χ4n) is 2.59. The molecule has 0 fully saturated rings. The molecule has 0 aliphatic carbocycles. The summed E-state index contributed by atoms with van der Waals surface area (Å²) in [5.74, 6) is -3.71. The molecule has 0 saturated heterocycles. The zero-order chi connectivity index (χ0) is 19.6. The summed E-state index contributed by atoms with van der Waals surface area (Å²) in [7, 11) is 0. The van der Waals surface area contributed by atoms with Crippen LogP contribution < -0.4 is 5.32 Å². The lowest BCUT2D eigenvalue weighted by atomic mass is 10.0. The molecule has 2 aromatic rings. The molecule has 0 spiro atoms. The van der Waals surface area contributed by atoms with Crippen molar-refractivity contribution in [1.82, 2.24) is 0 Å². The minimum atomic E-state index is -1.10. The van der Waals surface area contributed by atoms with E-state index in [1.165, 1.54) is 6.07 Å². The number of hydrogen-bond donors (Lipinski definition) is 1. The molecular weight excluding hydrogens is 380 g/mol. The lowest BCUT2D eigenvalue weighted by Crippen LogP contribution is -2.16. The van der Waals surface area contributed by atoms with Crippen molar-refractivity contribution in [2.75, 3.05) is 11.9 Å². The van der Waals surface area contributed by atoms with Gasteiger partial charge in [0, 0.05) is 16.8 Å². The van der Waals surface area contributed by atoms with Crippen molar-refractivity contribution in [1.29, 1.82) is 0 Å². The second-order valence-electron chi connectivity index (χ2n) is 5.60. The normalized spacial score (nSPS) is 16.3. The summed E-state index contributed by atoms with van der Waals surface area (Å²) in [6.07, 6.45) is -1.01. The smallest absolute Gasteiger partial charge is 0.356 e. The molecule has 1 N–H and O–H groups in total. The first-order valence-electron chi connectivity index (χ1n) is 8.00. The van der Waals surface area contributed by atoms with Crippen molar-refractivity contribution < 1.29 is 27.8 Å². The van der Waals surface area contributed by atoms with Gasteiger partial charge in [-0.2, -0.15) is 0 Å². The van der Waals surface area contributed by atoms with Gasteiger partial charge in [-0.15, -0.1) is 0 Å². The highest BCUT2D eigenvalue weighted by Gasteiger charge is 2.40. The maximum Gasteiger partial charge on any atom is 0.356 e. The minimum Gasteiger partial charge on any atom is -0.462 e. The Hall–Kier alpha value is -2.93. The Morgan fingerprint density at radius 3 is 2.52 bits per heavy atom. The van der Waals surface area contributed by atoms with E-state index in [0.29, 0.717) is 10.6 Å². The van der Waals surface area contributed by atoms with Gasteiger partial charge in [-0.3, -0.25) is 0 Å². The third-order valence-electron chi connectivity index (χ3n) is 3.82. The number of halogens is 3. The largest absolute Gasteiger partial charge is 0.462 e. The van der Waals surface area contributed by atoms with E-state index in [-0.39, 0.29) is 23.6 Å². The summed E-state index contributed by atoms with van der Waals surface area (Å²) in [4.78, 5) is 24.8. The van der Waals surface area contributed by atoms with Crippen LogP contribution in [0.15, 0.2) is 53.7 Å². The number of ether oxygens (including phenoxy) is 2. The highest BCUT2D eigenvalue weighted by atomic mass is 35.5. The molecule has 27 heavy (non-hydrogen) atoms. The van der Waals surface area contributed by atoms with E-state index < -0.39 is 29.7 Å². The van der Waals surface area contributed by atoms with Crippen molar-refractivity contribution in [2.24, 2.45) is 0 Å². The molecule has 1 atom stereocenters. The van der Waals surface area contributed by atoms with E-state index in [4.69, 9.17) is 21.1 Å². The average molecular weight is 394 g/mol. The van der Waals surface area contributed by atoms with Gasteiger partial charge >= 0.3 is 11.9 Å². The van der Waals surface area contributed by atoms with Gasteiger partial charge in [-0.05, 0) is 36.8 Å². The number of carbonyl (C=O) groups excluding carboxylic acids is 2. The maximum absolute atomic E-state index is 13.5. The van der Waals surface area contributed by atoms with Gasteiger partial charge in [0.25, 0.3) is 0 Å². The number of hydrogen-bond acceptors (Lipinski definition) is 5. The van der Waals surface area contributed by atoms with Gasteiger partial charge in [0.15, 0.2) is 17.7 Å². The van der Waals surface area contributed by atoms with E-state index in [9.17, 15) is 18.4 Å². The summed E-state index contributed by atoms with van der Waals surface area (Å²) in [6, 6.07) is 9.41. The molecule has 0 bridgehead atoms. The van der Waals surface area contributed by atoms with Crippen molar-refractivity contribution in [3.8, 4) is 0 Å². The molecule has 1 unspecified atom stereocenters. The zero-order valence-electron chi connectivity index (χ0n) is 14.1. The van der Waals surface area contributed by atoms with Crippen LogP contribution in [0.1, 0.15) is 18.6 Å². The summed E-state index contributed by atoms with van der Waals surface area (Å²) in [5.41, 5.74) is 0.339. The first-order chi connectivity index (χ1) is 12.9. The predicted octanol–water partition coefficient (Wildman–Crippen LogP) is 4.15. The van der Waals surface area contributed by atoms with Crippen LogP contribution in [-0.2, 0) is 19.1 Å². The number of nitrogens with one attached hydrogen (secondary N) is 1. The maximum atomic E-state index is 13.5. The van der Waals surface area contributed by atoms with E-state index >= 15 is 0 Å². The Kier molecular flexibility index (Phi) is 5.41. The van der Waals surface area contributed by atoms with Gasteiger partial charge in [0.05, 0.1) is 6.61 Å². The molecule has 0 saturated carbocycles. The molecule has 0 radical (unpaired) electrons. The second-order valence-corrected chi connectivity index (χ2v) is 6.04. The first kappa shape index (κ1) is 18.8. The number of cyclic esters (lactones) is 1. The third kappa shape index (κ3) is 3.93. The van der Waals surface area contributed by atoms with E-state index in [1.807, 2.05) is 0 Å². The Morgan fingerprint density at radius 2 is 1.89 bits per heavy atom. The van der Waals surface area contributed by atoms with Crippen LogP contribution in [-0.4, -0.2) is 18.5 Å². The van der Waals surface area contributed by atoms with Gasteiger partial charge in [-0.1, -0.05) is 23.7 Å². The summed E-state index contributed by atoms with van der Waals surface area (Å²) in [6.45, 7) is 1.71. The Bertz CT molecular complexity index is 928. The average Bonchev–Trinajstić information content (AvgIpc) is 2.95. The van der Waals surface area contributed by atoms with E-state index in [2.05, 4.69) is 5.32 Å². The molecular formula is C19H14ClF2NO4. The quantitative estimate of drug-likeness (QED) is 0.773. The number of benzene rings is 2. The van der Waals surface area contributed by atoms with Crippen LogP contribution in [0.2, 0.25) is 5.02 Å². The van der Waals surface area contributed by atoms with Crippen molar-refractivity contribution in [3.63, 3.8) is 0 Å². The van der Waals surface area contributed by atoms with Gasteiger partial charge < -0.3 is 14.8 Å². The Morgan fingerprint density at radius 1 is 1.19 bits per heavy atom. The Balaban J connectivity index is 2.03. The van der Waals surface area contributed by atoms with Crippen LogP contribution in [0.4, 0.5) is 14.5 Å². The van der Waals surface area contributed by atoms with Crippen LogP contribution >= 0.6 is 11.6 Å². The topological polar surface area (TPSA) is 64.6 Å². The lowest BCUT2D eigenvalue weighted by Gasteiger charge is -2.13. The standard InChI is InChI=1S/C19H14ClF2NO4/c1-2-26-18(24)15-16(23-12-7-8-13(21)14(22)9-12)19(25)27-17(15)10-3-5-11(20)6-4-10/h3-9,17,23H,2H2,1H3. The fourth-order valence-corrected chi connectivity index (χ4v) is 2.72. The first-order valence-corrected chi connectivity index (χ1v) is 8.38. The summed E-state index contributed by atoms with van der Waals surface area (Å²) >= 11 is 5.87. The van der Waals surface area contributed by atoms with E-state index in [0.717, 1.165) is 12.1 Å². The lowest BCUT2D eigenvalue weighted by molar-refractivity contribution is -0.142. The van der Waals surface area contributed by atoms with E-state index in [1.54, 1.807) is 31.2 Å². The molecule has 1 aliphatic rings. The molecule has 0 aromatic heterocycles. The van der Waals surface area contributed by atoms with Gasteiger partial charge in [-0.25, -0.2) is 18.4 Å². The third-order valence-corrected chi connectivity index (χ3v) is 4.07. The molecule has 1 aliphatic heterocycles. The number of anilines is 1. The highest BCUT2D eigenvalue weighted by molar-refractivity contribution is 6.30. The van der Waals surface area contributed by atoms with Crippen LogP contribution in [0.25, 0.3) is 0 Å². The summed E-state index contributed by atoms with van der Waals surface area (Å²) in [5, 5.41) is 3.11. The van der Waals surface area contributed by atoms with Crippen molar-refractivity contribution >= 4 is 29.2 Å². The SMILES string of the molecule is CCOC(=O)C1=C(Nc2ccc(F)c(F)c2)C(=O)OC1c1ccc(Cl)cc1. The molecule has 3 rings (SSSR count). The molecule has 140 valence electrons. The highest BCUT2D eigenvalue weighted by Crippen LogP contribution is 2.37. The Labute approximate surface area is 158 Å². The second kappa shape index (κ2) is 7.75. The number of esters is 2. The zero-order valence-corrected chi connectivity index (χ0v) is 14.8. The minimum absolute atomic E-state index is 0.0612. The van der Waals surface area contributed by atoms with Crippen LogP contribution in [0, 0.1) is 11.6 Å². The van der Waals surface area contributed by atoms with Crippen LogP contribution in [0.3, 0.4) is 0 Å². The fraction of sp³-hybridized carbons (Fsp3) is 0.158. The molecule has 5 nitrogen and oxygen atoms in total. The van der Waals surface area contributed by atoms with Crippen LogP contribution in [0.5, 0.6) is 0 Å².